The van der Waals surface area contributed by atoms with Gasteiger partial charge in [-0.05, 0) is 48.4 Å². The van der Waals surface area contributed by atoms with E-state index in [4.69, 9.17) is 29.8 Å². The molecule has 1 saturated heterocycles. The summed E-state index contributed by atoms with van der Waals surface area (Å²) in [4.78, 5) is 7.89. The first-order valence-electron chi connectivity index (χ1n) is 11.0. The zero-order valence-electron chi connectivity index (χ0n) is 18.7. The minimum atomic E-state index is -1.08. The van der Waals surface area contributed by atoms with Crippen LogP contribution >= 0.6 is 23.2 Å². The summed E-state index contributed by atoms with van der Waals surface area (Å²) >= 11 is 12.3. The van der Waals surface area contributed by atoms with E-state index in [0.29, 0.717) is 47.5 Å². The second kappa shape index (κ2) is 10.1. The number of nitriles is 1. The van der Waals surface area contributed by atoms with E-state index < -0.39 is 5.60 Å². The van der Waals surface area contributed by atoms with Crippen LogP contribution in [0.15, 0.2) is 66.7 Å². The first kappa shape index (κ1) is 24.1. The highest BCUT2D eigenvalue weighted by Crippen LogP contribution is 2.35. The van der Waals surface area contributed by atoms with Gasteiger partial charge in [0.2, 0.25) is 0 Å². The molecule has 0 aliphatic carbocycles. The van der Waals surface area contributed by atoms with Gasteiger partial charge in [-0.25, -0.2) is 4.85 Å². The lowest BCUT2D eigenvalue weighted by Crippen LogP contribution is -2.52. The summed E-state index contributed by atoms with van der Waals surface area (Å²) in [5.74, 6) is 0. The van der Waals surface area contributed by atoms with Gasteiger partial charge in [0.05, 0.1) is 29.5 Å². The Morgan fingerprint density at radius 2 is 1.74 bits per heavy atom. The number of piperazine rings is 1. The van der Waals surface area contributed by atoms with Crippen LogP contribution in [0.5, 0.6) is 0 Å². The van der Waals surface area contributed by atoms with Gasteiger partial charge in [0.15, 0.2) is 5.69 Å². The number of rotatable bonds is 5. The van der Waals surface area contributed by atoms with Crippen LogP contribution in [0.2, 0.25) is 10.0 Å². The van der Waals surface area contributed by atoms with E-state index in [1.165, 1.54) is 0 Å². The zero-order chi connectivity index (χ0) is 24.3. The van der Waals surface area contributed by atoms with E-state index in [2.05, 4.69) is 20.7 Å². The zero-order valence-corrected chi connectivity index (χ0v) is 20.3. The number of nitrogens with zero attached hydrogens (tertiary/aromatic N) is 4. The first-order valence-corrected chi connectivity index (χ1v) is 11.7. The maximum absolute atomic E-state index is 11.3. The third kappa shape index (κ3) is 5.20. The summed E-state index contributed by atoms with van der Waals surface area (Å²) in [7, 11) is 0. The van der Waals surface area contributed by atoms with Crippen LogP contribution in [-0.2, 0) is 5.60 Å². The Morgan fingerprint density at radius 3 is 2.38 bits per heavy atom. The quantitative estimate of drug-likeness (QED) is 0.433. The van der Waals surface area contributed by atoms with Crippen molar-refractivity contribution in [2.24, 2.45) is 0 Å². The maximum Gasteiger partial charge on any atom is 0.187 e. The molecular formula is C27H24Cl2N4O. The third-order valence-electron chi connectivity index (χ3n) is 6.26. The molecular weight excluding hydrogens is 467 g/mol. The van der Waals surface area contributed by atoms with Crippen molar-refractivity contribution in [2.75, 3.05) is 31.1 Å². The van der Waals surface area contributed by atoms with Crippen LogP contribution in [0.3, 0.4) is 0 Å². The lowest BCUT2D eigenvalue weighted by molar-refractivity contribution is 0.0103. The molecule has 0 amide bonds. The minimum Gasteiger partial charge on any atom is -0.384 e. The van der Waals surface area contributed by atoms with Crippen molar-refractivity contribution in [3.05, 3.63) is 105 Å². The fourth-order valence-electron chi connectivity index (χ4n) is 4.51. The van der Waals surface area contributed by atoms with Gasteiger partial charge in [-0.1, -0.05) is 59.6 Å². The van der Waals surface area contributed by atoms with Crippen LogP contribution in [0.1, 0.15) is 29.7 Å². The van der Waals surface area contributed by atoms with Crippen LogP contribution in [0.25, 0.3) is 4.85 Å². The molecule has 0 radical (unpaired) electrons. The molecule has 3 aromatic rings. The summed E-state index contributed by atoms with van der Waals surface area (Å²) in [5.41, 5.74) is 2.70. The van der Waals surface area contributed by atoms with Crippen LogP contribution in [-0.4, -0.2) is 36.2 Å². The molecule has 0 bridgehead atoms. The fraction of sp³-hybridized carbons (Fsp3) is 0.259. The summed E-state index contributed by atoms with van der Waals surface area (Å²) in [6, 6.07) is 22.5. The van der Waals surface area contributed by atoms with Crippen molar-refractivity contribution in [1.82, 2.24) is 4.90 Å². The summed E-state index contributed by atoms with van der Waals surface area (Å²) in [5, 5.41) is 22.2. The number of hydrogen-bond acceptors (Lipinski definition) is 4. The molecule has 172 valence electrons. The molecule has 1 N–H and O–H groups in total. The molecule has 1 fully saturated rings. The van der Waals surface area contributed by atoms with E-state index in [9.17, 15) is 10.4 Å². The second-order valence-corrected chi connectivity index (χ2v) is 9.57. The monoisotopic (exact) mass is 490 g/mol. The average Bonchev–Trinajstić information content (AvgIpc) is 2.84. The molecule has 0 saturated carbocycles. The van der Waals surface area contributed by atoms with Gasteiger partial charge in [-0.15, -0.1) is 0 Å². The van der Waals surface area contributed by atoms with Crippen molar-refractivity contribution in [2.45, 2.75) is 18.6 Å². The predicted molar refractivity (Wildman–Crippen MR) is 136 cm³/mol. The van der Waals surface area contributed by atoms with Crippen LogP contribution in [0, 0.1) is 17.9 Å². The highest BCUT2D eigenvalue weighted by molar-refractivity contribution is 6.31. The summed E-state index contributed by atoms with van der Waals surface area (Å²) < 4.78 is 0. The van der Waals surface area contributed by atoms with E-state index in [1.807, 2.05) is 42.5 Å². The SMILES string of the molecule is [C-]#[N+]c1ccc([C@](C)(O)CN2CCN(c3ccc(Cl)cc3C#N)[C@H](c3ccc(Cl)cc3)C2)cc1. The first-order chi connectivity index (χ1) is 16.3. The van der Waals surface area contributed by atoms with Crippen LogP contribution in [0.4, 0.5) is 11.4 Å². The number of hydrogen-bond donors (Lipinski definition) is 1. The molecule has 7 heteroatoms. The molecule has 2 atom stereocenters. The average molecular weight is 491 g/mol. The molecule has 0 aromatic heterocycles. The standard InChI is InChI=1S/C27H24Cl2N4O/c1-27(34,21-5-10-24(31-2)11-6-21)18-32-13-14-33(25-12-9-23(29)15-20(25)16-30)26(17-32)19-3-7-22(28)8-4-19/h3-12,15,26,34H,13-14,17-18H2,1H3/t26-,27+/m0/s1. The van der Waals surface area contributed by atoms with E-state index >= 15 is 0 Å². The minimum absolute atomic E-state index is 0.0421. The van der Waals surface area contributed by atoms with Gasteiger partial charge in [0.1, 0.15) is 6.07 Å². The topological polar surface area (TPSA) is 54.9 Å². The molecule has 1 aliphatic rings. The van der Waals surface area contributed by atoms with E-state index in [0.717, 1.165) is 16.8 Å². The fourth-order valence-corrected chi connectivity index (χ4v) is 4.81. The second-order valence-electron chi connectivity index (χ2n) is 8.70. The Labute approximate surface area is 210 Å². The summed E-state index contributed by atoms with van der Waals surface area (Å²) in [6.07, 6.45) is 0. The van der Waals surface area contributed by atoms with Gasteiger partial charge in [-0.3, -0.25) is 4.90 Å². The normalized spacial score (nSPS) is 18.1. The molecule has 5 nitrogen and oxygen atoms in total. The largest absolute Gasteiger partial charge is 0.384 e. The number of benzene rings is 3. The molecule has 34 heavy (non-hydrogen) atoms. The lowest BCUT2D eigenvalue weighted by atomic mass is 9.93. The highest BCUT2D eigenvalue weighted by Gasteiger charge is 2.34. The Hall–Kier alpha value is -3.06. The Bertz CT molecular complexity index is 1240. The predicted octanol–water partition coefficient (Wildman–Crippen LogP) is 6.19. The van der Waals surface area contributed by atoms with Gasteiger partial charge in [-0.2, -0.15) is 5.26 Å². The Balaban J connectivity index is 1.62. The number of β-amino-alcohol motifs (C(OH)–C–C–N with tert-alkyl or cyclic N) is 1. The number of halogens is 2. The molecule has 1 aliphatic heterocycles. The van der Waals surface area contributed by atoms with Crippen molar-refractivity contribution in [1.29, 1.82) is 5.26 Å². The number of anilines is 1. The Kier molecular flexibility index (Phi) is 7.12. The van der Waals surface area contributed by atoms with Gasteiger partial charge in [0, 0.05) is 36.2 Å². The number of aliphatic hydroxyl groups is 1. The smallest absolute Gasteiger partial charge is 0.187 e. The van der Waals surface area contributed by atoms with Crippen molar-refractivity contribution in [3.8, 4) is 6.07 Å². The van der Waals surface area contributed by atoms with E-state index in [-0.39, 0.29) is 6.04 Å². The maximum atomic E-state index is 11.3. The van der Waals surface area contributed by atoms with Gasteiger partial charge >= 0.3 is 0 Å². The van der Waals surface area contributed by atoms with Crippen molar-refractivity contribution < 1.29 is 5.11 Å². The molecule has 4 rings (SSSR count). The molecule has 0 unspecified atom stereocenters. The van der Waals surface area contributed by atoms with Crippen molar-refractivity contribution >= 4 is 34.6 Å². The van der Waals surface area contributed by atoms with Gasteiger partial charge < -0.3 is 10.0 Å². The molecule has 3 aromatic carbocycles. The van der Waals surface area contributed by atoms with Crippen molar-refractivity contribution in [3.63, 3.8) is 0 Å². The highest BCUT2D eigenvalue weighted by atomic mass is 35.5. The third-order valence-corrected chi connectivity index (χ3v) is 6.74. The summed E-state index contributed by atoms with van der Waals surface area (Å²) in [6.45, 7) is 11.4. The lowest BCUT2D eigenvalue weighted by Gasteiger charge is -2.45. The van der Waals surface area contributed by atoms with Gasteiger partial charge in [0.25, 0.3) is 0 Å². The molecule has 1 heterocycles. The Morgan fingerprint density at radius 1 is 1.06 bits per heavy atom. The molecule has 0 spiro atoms. The van der Waals surface area contributed by atoms with E-state index in [1.54, 1.807) is 31.2 Å². The van der Waals surface area contributed by atoms with Crippen LogP contribution < -0.4 is 4.90 Å².